The second kappa shape index (κ2) is 5.43. The topological polar surface area (TPSA) is 35.6 Å². The Morgan fingerprint density at radius 3 is 2.71 bits per heavy atom. The van der Waals surface area contributed by atoms with Gasteiger partial charge < -0.3 is 15.1 Å². The highest BCUT2D eigenvalue weighted by Crippen LogP contribution is 2.46. The zero-order valence-electron chi connectivity index (χ0n) is 13.3. The summed E-state index contributed by atoms with van der Waals surface area (Å²) in [5.41, 5.74) is 3.97. The molecule has 0 aliphatic carbocycles. The zero-order chi connectivity index (χ0) is 15.0. The zero-order valence-corrected chi connectivity index (χ0v) is 13.3. The summed E-state index contributed by atoms with van der Waals surface area (Å²) in [7, 11) is 3.90. The standard InChI is InChI=1S/C17H25N3O/c1-13-4-5-15-14(10-13)17(6-8-18-9-7-17)12-20(15)16(21)11-19(2)3/h4-5,10,18H,6-9,11-12H2,1-3H3. The average Bonchev–Trinajstić information content (AvgIpc) is 2.74. The van der Waals surface area contributed by atoms with Crippen LogP contribution in [0.1, 0.15) is 24.0 Å². The third kappa shape index (κ3) is 2.58. The number of nitrogens with one attached hydrogen (secondary N) is 1. The molecule has 0 unspecified atom stereocenters. The first kappa shape index (κ1) is 14.5. The van der Waals surface area contributed by atoms with Crippen LogP contribution in [0.2, 0.25) is 0 Å². The van der Waals surface area contributed by atoms with Crippen LogP contribution in [0.25, 0.3) is 0 Å². The molecule has 1 fully saturated rings. The van der Waals surface area contributed by atoms with Gasteiger partial charge >= 0.3 is 0 Å². The first-order valence-corrected chi connectivity index (χ1v) is 7.79. The number of nitrogens with zero attached hydrogens (tertiary/aromatic N) is 2. The van der Waals surface area contributed by atoms with Gasteiger partial charge in [-0.3, -0.25) is 4.79 Å². The predicted octanol–water partition coefficient (Wildman–Crippen LogP) is 1.52. The van der Waals surface area contributed by atoms with Crippen molar-refractivity contribution in [1.29, 1.82) is 0 Å². The molecule has 4 nitrogen and oxygen atoms in total. The minimum absolute atomic E-state index is 0.161. The van der Waals surface area contributed by atoms with E-state index in [-0.39, 0.29) is 11.3 Å². The number of carbonyl (C=O) groups is 1. The van der Waals surface area contributed by atoms with Gasteiger partial charge in [-0.05, 0) is 58.6 Å². The number of benzene rings is 1. The molecule has 4 heteroatoms. The maximum Gasteiger partial charge on any atom is 0.241 e. The first-order chi connectivity index (χ1) is 10.0. The number of aryl methyl sites for hydroxylation is 1. The molecule has 3 rings (SSSR count). The highest BCUT2D eigenvalue weighted by atomic mass is 16.2. The Kier molecular flexibility index (Phi) is 3.76. The highest BCUT2D eigenvalue weighted by Gasteiger charge is 2.45. The number of fused-ring (bicyclic) bond motifs is 2. The van der Waals surface area contributed by atoms with Gasteiger partial charge in [-0.25, -0.2) is 0 Å². The molecule has 21 heavy (non-hydrogen) atoms. The largest absolute Gasteiger partial charge is 0.317 e. The highest BCUT2D eigenvalue weighted by molar-refractivity contribution is 5.97. The Balaban J connectivity index is 1.98. The molecule has 2 aliphatic heterocycles. The maximum atomic E-state index is 12.6. The summed E-state index contributed by atoms with van der Waals surface area (Å²) in [5, 5.41) is 3.45. The lowest BCUT2D eigenvalue weighted by Gasteiger charge is -2.34. The van der Waals surface area contributed by atoms with Gasteiger partial charge in [0.15, 0.2) is 0 Å². The van der Waals surface area contributed by atoms with E-state index in [0.717, 1.165) is 38.2 Å². The van der Waals surface area contributed by atoms with Crippen LogP contribution in [0.5, 0.6) is 0 Å². The fraction of sp³-hybridized carbons (Fsp3) is 0.588. The molecule has 2 heterocycles. The van der Waals surface area contributed by atoms with Crippen molar-refractivity contribution in [3.63, 3.8) is 0 Å². The Morgan fingerprint density at radius 2 is 2.05 bits per heavy atom. The summed E-state index contributed by atoms with van der Waals surface area (Å²) in [6.45, 7) is 5.55. The summed E-state index contributed by atoms with van der Waals surface area (Å²) in [5.74, 6) is 0.209. The van der Waals surface area contributed by atoms with Crippen LogP contribution in [0.4, 0.5) is 5.69 Å². The fourth-order valence-electron chi connectivity index (χ4n) is 3.69. The van der Waals surface area contributed by atoms with Crippen molar-refractivity contribution in [2.75, 3.05) is 45.2 Å². The van der Waals surface area contributed by atoms with E-state index in [1.54, 1.807) is 0 Å². The third-order valence-corrected chi connectivity index (χ3v) is 4.79. The molecule has 1 aromatic rings. The third-order valence-electron chi connectivity index (χ3n) is 4.79. The molecule has 114 valence electrons. The monoisotopic (exact) mass is 287 g/mol. The molecule has 1 saturated heterocycles. The molecule has 2 aliphatic rings. The second-order valence-corrected chi connectivity index (χ2v) is 6.77. The lowest BCUT2D eigenvalue weighted by Crippen LogP contribution is -2.45. The van der Waals surface area contributed by atoms with E-state index >= 15 is 0 Å². The Labute approximate surface area is 127 Å². The molecular weight excluding hydrogens is 262 g/mol. The number of rotatable bonds is 2. The Morgan fingerprint density at radius 1 is 1.33 bits per heavy atom. The number of hydrogen-bond donors (Lipinski definition) is 1. The van der Waals surface area contributed by atoms with Crippen molar-refractivity contribution >= 4 is 11.6 Å². The second-order valence-electron chi connectivity index (χ2n) is 6.77. The first-order valence-electron chi connectivity index (χ1n) is 7.79. The van der Waals surface area contributed by atoms with E-state index < -0.39 is 0 Å². The van der Waals surface area contributed by atoms with E-state index in [1.165, 1.54) is 11.1 Å². The quantitative estimate of drug-likeness (QED) is 0.896. The summed E-state index contributed by atoms with van der Waals surface area (Å²) < 4.78 is 0. The van der Waals surface area contributed by atoms with Crippen molar-refractivity contribution in [1.82, 2.24) is 10.2 Å². The van der Waals surface area contributed by atoms with Crippen molar-refractivity contribution in [2.24, 2.45) is 0 Å². The van der Waals surface area contributed by atoms with Gasteiger partial charge in [0.2, 0.25) is 5.91 Å². The number of hydrogen-bond acceptors (Lipinski definition) is 3. The lowest BCUT2D eigenvalue weighted by atomic mass is 9.74. The summed E-state index contributed by atoms with van der Waals surface area (Å²) in [6, 6.07) is 6.55. The Bertz CT molecular complexity index is 547. The number of likely N-dealkylation sites (N-methyl/N-ethyl adjacent to an activating group) is 1. The van der Waals surface area contributed by atoms with E-state index in [0.29, 0.717) is 6.54 Å². The normalized spacial score (nSPS) is 20.1. The van der Waals surface area contributed by atoms with Crippen molar-refractivity contribution < 1.29 is 4.79 Å². The number of carbonyl (C=O) groups excluding carboxylic acids is 1. The molecular formula is C17H25N3O. The van der Waals surface area contributed by atoms with Crippen LogP contribution >= 0.6 is 0 Å². The summed E-state index contributed by atoms with van der Waals surface area (Å²) in [4.78, 5) is 16.6. The van der Waals surface area contributed by atoms with Gasteiger partial charge in [0.05, 0.1) is 6.54 Å². The Hall–Kier alpha value is -1.39. The van der Waals surface area contributed by atoms with Gasteiger partial charge in [0.1, 0.15) is 0 Å². The van der Waals surface area contributed by atoms with Crippen LogP contribution in [-0.4, -0.2) is 51.1 Å². The summed E-state index contributed by atoms with van der Waals surface area (Å²) >= 11 is 0. The molecule has 0 atom stereocenters. The summed E-state index contributed by atoms with van der Waals surface area (Å²) in [6.07, 6.45) is 2.24. The molecule has 1 aromatic carbocycles. The van der Waals surface area contributed by atoms with Crippen LogP contribution in [0, 0.1) is 6.92 Å². The SMILES string of the molecule is Cc1ccc2c(c1)C1(CCNCC1)CN2C(=O)CN(C)C. The van der Waals surface area contributed by atoms with Crippen LogP contribution in [0.15, 0.2) is 18.2 Å². The molecule has 0 radical (unpaired) electrons. The van der Waals surface area contributed by atoms with Gasteiger partial charge in [-0.1, -0.05) is 17.7 Å². The van der Waals surface area contributed by atoms with Crippen molar-refractivity contribution in [3.8, 4) is 0 Å². The van der Waals surface area contributed by atoms with Gasteiger partial charge in [-0.2, -0.15) is 0 Å². The minimum atomic E-state index is 0.161. The van der Waals surface area contributed by atoms with E-state index in [2.05, 4.69) is 30.4 Å². The van der Waals surface area contributed by atoms with Crippen LogP contribution in [-0.2, 0) is 10.2 Å². The van der Waals surface area contributed by atoms with E-state index in [4.69, 9.17) is 0 Å². The molecule has 1 amide bonds. The average molecular weight is 287 g/mol. The minimum Gasteiger partial charge on any atom is -0.317 e. The smallest absolute Gasteiger partial charge is 0.241 e. The number of amides is 1. The van der Waals surface area contributed by atoms with Crippen LogP contribution in [0.3, 0.4) is 0 Å². The van der Waals surface area contributed by atoms with E-state index in [9.17, 15) is 4.79 Å². The number of piperidine rings is 1. The molecule has 0 aromatic heterocycles. The maximum absolute atomic E-state index is 12.6. The van der Waals surface area contributed by atoms with Crippen LogP contribution < -0.4 is 10.2 Å². The van der Waals surface area contributed by atoms with Gasteiger partial charge in [0.25, 0.3) is 0 Å². The molecule has 1 spiro atoms. The van der Waals surface area contributed by atoms with Crippen molar-refractivity contribution in [2.45, 2.75) is 25.2 Å². The predicted molar refractivity (Wildman–Crippen MR) is 85.9 cm³/mol. The van der Waals surface area contributed by atoms with Gasteiger partial charge in [-0.15, -0.1) is 0 Å². The van der Waals surface area contributed by atoms with Crippen molar-refractivity contribution in [3.05, 3.63) is 29.3 Å². The lowest BCUT2D eigenvalue weighted by molar-refractivity contribution is -0.119. The number of anilines is 1. The molecule has 1 N–H and O–H groups in total. The van der Waals surface area contributed by atoms with Gasteiger partial charge in [0, 0.05) is 17.6 Å². The van der Waals surface area contributed by atoms with E-state index in [1.807, 2.05) is 23.9 Å². The fourth-order valence-corrected chi connectivity index (χ4v) is 3.69. The molecule has 0 saturated carbocycles. The molecule has 0 bridgehead atoms.